The number of hydrogen-bond acceptors (Lipinski definition) is 3. The molecule has 1 aliphatic rings. The quantitative estimate of drug-likeness (QED) is 0.462. The average Bonchev–Trinajstić information content (AvgIpc) is 3.23. The van der Waals surface area contributed by atoms with E-state index in [1.54, 1.807) is 12.1 Å². The van der Waals surface area contributed by atoms with Crippen molar-refractivity contribution in [1.82, 2.24) is 0 Å². The molecular formula is C26H26FNO2. The number of carbonyl (C=O) groups excluding carboxylic acids is 1. The van der Waals surface area contributed by atoms with Crippen molar-refractivity contribution in [2.75, 3.05) is 11.4 Å². The number of carbonyl (C=O) groups is 1. The Morgan fingerprint density at radius 1 is 0.967 bits per heavy atom. The minimum atomic E-state index is -0.246. The van der Waals surface area contributed by atoms with Crippen LogP contribution in [0.25, 0.3) is 0 Å². The number of nitrogens with zero attached hydrogens (tertiary/aromatic N) is 1. The molecule has 0 radical (unpaired) electrons. The summed E-state index contributed by atoms with van der Waals surface area (Å²) in [6, 6.07) is 23.6. The van der Waals surface area contributed by atoms with E-state index >= 15 is 0 Å². The van der Waals surface area contributed by atoms with Crippen LogP contribution >= 0.6 is 0 Å². The van der Waals surface area contributed by atoms with Crippen molar-refractivity contribution in [2.24, 2.45) is 0 Å². The summed E-state index contributed by atoms with van der Waals surface area (Å²) in [6.07, 6.45) is 4.71. The van der Waals surface area contributed by atoms with E-state index in [2.05, 4.69) is 29.2 Å². The maximum atomic E-state index is 13.7. The molecule has 0 bridgehead atoms. The van der Waals surface area contributed by atoms with Crippen LogP contribution in [0.5, 0.6) is 5.75 Å². The Hall–Kier alpha value is -3.14. The third-order valence-electron chi connectivity index (χ3n) is 5.70. The van der Waals surface area contributed by atoms with Crippen LogP contribution in [0, 0.1) is 5.82 Å². The van der Waals surface area contributed by atoms with Gasteiger partial charge >= 0.3 is 0 Å². The van der Waals surface area contributed by atoms with E-state index in [9.17, 15) is 9.18 Å². The Kier molecular flexibility index (Phi) is 6.43. The molecular weight excluding hydrogens is 377 g/mol. The highest BCUT2D eigenvalue weighted by atomic mass is 19.1. The second kappa shape index (κ2) is 9.57. The van der Waals surface area contributed by atoms with Gasteiger partial charge in [0, 0.05) is 30.3 Å². The van der Waals surface area contributed by atoms with Gasteiger partial charge in [0.25, 0.3) is 0 Å². The smallest absolute Gasteiger partial charge is 0.129 e. The van der Waals surface area contributed by atoms with Crippen LogP contribution < -0.4 is 9.64 Å². The van der Waals surface area contributed by atoms with E-state index in [4.69, 9.17) is 4.74 Å². The largest absolute Gasteiger partial charge is 0.489 e. The average molecular weight is 403 g/mol. The summed E-state index contributed by atoms with van der Waals surface area (Å²) in [7, 11) is 0. The molecule has 1 heterocycles. The van der Waals surface area contributed by atoms with E-state index in [1.165, 1.54) is 22.9 Å². The van der Waals surface area contributed by atoms with Crippen molar-refractivity contribution in [2.45, 2.75) is 38.3 Å². The number of anilines is 1. The summed E-state index contributed by atoms with van der Waals surface area (Å²) < 4.78 is 19.4. The number of rotatable bonds is 8. The van der Waals surface area contributed by atoms with Crippen molar-refractivity contribution < 1.29 is 13.9 Å². The van der Waals surface area contributed by atoms with Gasteiger partial charge in [0.1, 0.15) is 24.5 Å². The van der Waals surface area contributed by atoms with Gasteiger partial charge in [0.15, 0.2) is 0 Å². The van der Waals surface area contributed by atoms with Crippen LogP contribution in [0.15, 0.2) is 72.8 Å². The summed E-state index contributed by atoms with van der Waals surface area (Å²) in [5, 5.41) is 0. The van der Waals surface area contributed by atoms with Crippen LogP contribution in [-0.4, -0.2) is 18.9 Å². The molecule has 3 aromatic carbocycles. The van der Waals surface area contributed by atoms with Gasteiger partial charge in [-0.05, 0) is 60.7 Å². The first-order valence-corrected chi connectivity index (χ1v) is 10.5. The molecule has 1 saturated heterocycles. The van der Waals surface area contributed by atoms with E-state index in [0.717, 1.165) is 37.8 Å². The maximum Gasteiger partial charge on any atom is 0.129 e. The number of aldehydes is 1. The summed E-state index contributed by atoms with van der Waals surface area (Å²) in [4.78, 5) is 13.2. The van der Waals surface area contributed by atoms with Crippen molar-refractivity contribution in [3.63, 3.8) is 0 Å². The third kappa shape index (κ3) is 4.88. The Morgan fingerprint density at radius 2 is 1.67 bits per heavy atom. The molecule has 3 aromatic rings. The lowest BCUT2D eigenvalue weighted by atomic mass is 10.0. The van der Waals surface area contributed by atoms with Crippen LogP contribution in [-0.2, 0) is 17.8 Å². The van der Waals surface area contributed by atoms with Gasteiger partial charge in [-0.3, -0.25) is 0 Å². The molecule has 4 rings (SSSR count). The predicted molar refractivity (Wildman–Crippen MR) is 117 cm³/mol. The first-order valence-electron chi connectivity index (χ1n) is 10.5. The lowest BCUT2D eigenvalue weighted by Gasteiger charge is -2.25. The van der Waals surface area contributed by atoms with Gasteiger partial charge in [-0.2, -0.15) is 0 Å². The molecule has 0 saturated carbocycles. The summed E-state index contributed by atoms with van der Waals surface area (Å²) in [5.41, 5.74) is 4.18. The maximum absolute atomic E-state index is 13.7. The molecule has 1 atom stereocenters. The fourth-order valence-corrected chi connectivity index (χ4v) is 4.05. The number of ether oxygens (including phenoxy) is 1. The Morgan fingerprint density at radius 3 is 2.37 bits per heavy atom. The molecule has 30 heavy (non-hydrogen) atoms. The van der Waals surface area contributed by atoms with Gasteiger partial charge in [-0.25, -0.2) is 4.39 Å². The van der Waals surface area contributed by atoms with E-state index < -0.39 is 0 Å². The van der Waals surface area contributed by atoms with Crippen LogP contribution in [0.3, 0.4) is 0 Å². The molecule has 1 aliphatic heterocycles. The molecule has 0 N–H and O–H groups in total. The molecule has 0 spiro atoms. The number of halogens is 1. The monoisotopic (exact) mass is 403 g/mol. The highest BCUT2D eigenvalue weighted by Crippen LogP contribution is 2.27. The van der Waals surface area contributed by atoms with Crippen molar-refractivity contribution in [1.29, 1.82) is 0 Å². The first-order chi connectivity index (χ1) is 14.7. The van der Waals surface area contributed by atoms with Crippen molar-refractivity contribution in [3.05, 3.63) is 95.3 Å². The zero-order chi connectivity index (χ0) is 20.8. The highest BCUT2D eigenvalue weighted by Gasteiger charge is 2.24. The summed E-state index contributed by atoms with van der Waals surface area (Å²) in [5.74, 6) is 0.483. The SMILES string of the molecule is O=CCC1CCCN1c1ccc(Cc2ccc(OCc3ccccc3F)cc2)cc1. The van der Waals surface area contributed by atoms with Crippen molar-refractivity contribution in [3.8, 4) is 5.75 Å². The molecule has 0 amide bonds. The van der Waals surface area contributed by atoms with Gasteiger partial charge in [0.05, 0.1) is 0 Å². The fraction of sp³-hybridized carbons (Fsp3) is 0.269. The molecule has 4 heteroatoms. The first kappa shape index (κ1) is 20.1. The number of benzene rings is 3. The highest BCUT2D eigenvalue weighted by molar-refractivity contribution is 5.56. The second-order valence-corrected chi connectivity index (χ2v) is 7.76. The van der Waals surface area contributed by atoms with Crippen LogP contribution in [0.4, 0.5) is 10.1 Å². The molecule has 0 aliphatic carbocycles. The second-order valence-electron chi connectivity index (χ2n) is 7.76. The van der Waals surface area contributed by atoms with E-state index in [1.807, 2.05) is 30.3 Å². The van der Waals surface area contributed by atoms with Crippen LogP contribution in [0.2, 0.25) is 0 Å². The number of hydrogen-bond donors (Lipinski definition) is 0. The summed E-state index contributed by atoms with van der Waals surface area (Å²) >= 11 is 0. The molecule has 3 nitrogen and oxygen atoms in total. The van der Waals surface area contributed by atoms with Crippen molar-refractivity contribution >= 4 is 12.0 Å². The third-order valence-corrected chi connectivity index (χ3v) is 5.70. The standard InChI is InChI=1S/C26H26FNO2/c27-26-6-2-1-4-22(26)19-30-25-13-9-21(10-14-25)18-20-7-11-24(12-8-20)28-16-3-5-23(28)15-17-29/h1-2,4,6-14,17,23H,3,5,15-16,18-19H2. The molecule has 0 aromatic heterocycles. The normalized spacial score (nSPS) is 15.9. The minimum Gasteiger partial charge on any atom is -0.489 e. The fourth-order valence-electron chi connectivity index (χ4n) is 4.05. The van der Waals surface area contributed by atoms with Gasteiger partial charge in [-0.15, -0.1) is 0 Å². The zero-order valence-corrected chi connectivity index (χ0v) is 17.0. The topological polar surface area (TPSA) is 29.5 Å². The Labute approximate surface area is 177 Å². The van der Waals surface area contributed by atoms with Gasteiger partial charge in [0.2, 0.25) is 0 Å². The minimum absolute atomic E-state index is 0.217. The predicted octanol–water partition coefficient (Wildman–Crippen LogP) is 5.55. The van der Waals surface area contributed by atoms with E-state index in [0.29, 0.717) is 18.0 Å². The lowest BCUT2D eigenvalue weighted by molar-refractivity contribution is -0.108. The van der Waals surface area contributed by atoms with Gasteiger partial charge < -0.3 is 14.4 Å². The van der Waals surface area contributed by atoms with Crippen LogP contribution in [0.1, 0.15) is 36.0 Å². The molecule has 154 valence electrons. The zero-order valence-electron chi connectivity index (χ0n) is 17.0. The van der Waals surface area contributed by atoms with Gasteiger partial charge in [-0.1, -0.05) is 42.5 Å². The Balaban J connectivity index is 1.34. The lowest BCUT2D eigenvalue weighted by Crippen LogP contribution is -2.29. The molecule has 1 fully saturated rings. The Bertz CT molecular complexity index is 969. The molecule has 1 unspecified atom stereocenters. The van der Waals surface area contributed by atoms with E-state index in [-0.39, 0.29) is 12.4 Å². The summed E-state index contributed by atoms with van der Waals surface area (Å²) in [6.45, 7) is 1.24.